The Bertz CT molecular complexity index is 1730. The van der Waals surface area contributed by atoms with Gasteiger partial charge >= 0.3 is 6.01 Å². The van der Waals surface area contributed by atoms with Crippen LogP contribution in [0.2, 0.25) is 0 Å². The van der Waals surface area contributed by atoms with Gasteiger partial charge in [-0.3, -0.25) is 9.88 Å². The average Bonchev–Trinajstić information content (AvgIpc) is 3.55. The van der Waals surface area contributed by atoms with Crippen LogP contribution in [-0.2, 0) is 6.42 Å². The summed E-state index contributed by atoms with van der Waals surface area (Å²) in [6.45, 7) is 3.83. The van der Waals surface area contributed by atoms with Crippen molar-refractivity contribution in [1.82, 2.24) is 19.9 Å². The van der Waals surface area contributed by atoms with Crippen LogP contribution in [0.25, 0.3) is 32.9 Å². The van der Waals surface area contributed by atoms with Crippen LogP contribution in [0.4, 0.5) is 14.6 Å². The zero-order chi connectivity index (χ0) is 30.6. The maximum atomic E-state index is 16.7. The minimum absolute atomic E-state index is 0.00207. The van der Waals surface area contributed by atoms with Gasteiger partial charge in [0.05, 0.1) is 23.1 Å². The smallest absolute Gasteiger partial charge is 0.319 e. The Kier molecular flexibility index (Phi) is 7.30. The highest BCUT2D eigenvalue weighted by Crippen LogP contribution is 2.42. The molecule has 3 aliphatic rings. The molecule has 0 unspecified atom stereocenters. The first-order valence-corrected chi connectivity index (χ1v) is 15.4. The van der Waals surface area contributed by atoms with Gasteiger partial charge in [0, 0.05) is 37.8 Å². The summed E-state index contributed by atoms with van der Waals surface area (Å²) in [6.07, 6.45) is 4.12. The average molecular weight is 606 g/mol. The van der Waals surface area contributed by atoms with Crippen molar-refractivity contribution in [2.45, 2.75) is 62.8 Å². The topological polar surface area (TPSA) is 115 Å². The number of aliphatic hydroxyl groups is 2. The fraction of sp³-hybridized carbons (Fsp3) is 0.485. The molecule has 2 aromatic carbocycles. The Morgan fingerprint density at radius 3 is 2.70 bits per heavy atom. The Balaban J connectivity index is 1.35. The zero-order valence-corrected chi connectivity index (χ0v) is 24.8. The zero-order valence-electron chi connectivity index (χ0n) is 24.8. The van der Waals surface area contributed by atoms with Crippen LogP contribution in [0.1, 0.15) is 44.6 Å². The number of benzene rings is 2. The van der Waals surface area contributed by atoms with Crippen molar-refractivity contribution in [3.63, 3.8) is 0 Å². The fourth-order valence-corrected chi connectivity index (χ4v) is 7.43. The summed E-state index contributed by atoms with van der Waals surface area (Å²) >= 11 is 0. The largest absolute Gasteiger partial charge is 0.508 e. The van der Waals surface area contributed by atoms with Gasteiger partial charge in [-0.05, 0) is 67.1 Å². The molecule has 3 saturated heterocycles. The Hall–Kier alpha value is -3.67. The number of phenolic OH excluding ortho intramolecular Hbond substituents is 1. The first-order chi connectivity index (χ1) is 21.2. The van der Waals surface area contributed by atoms with Crippen molar-refractivity contribution in [1.29, 1.82) is 0 Å². The quantitative estimate of drug-likeness (QED) is 0.280. The number of nitrogens with zero attached hydrogens (tertiary/aromatic N) is 5. The van der Waals surface area contributed by atoms with Gasteiger partial charge in [-0.2, -0.15) is 9.97 Å². The molecule has 0 amide bonds. The molecule has 0 saturated carbocycles. The Morgan fingerprint density at radius 2 is 1.93 bits per heavy atom. The number of anilines is 1. The van der Waals surface area contributed by atoms with Crippen LogP contribution in [-0.4, -0.2) is 91.9 Å². The standard InChI is InChI=1S/C33H37F2N5O4/c1-2-20-5-3-6-21-13-23(42)14-24(26(20)21)28-27(35)29-25(16-36-28)30(39-11-8-33(43,18-41)9-12-39)38-31(37-29)44-19-32-7-4-10-40(32)17-22(34)15-32/h3,5-6,13-14,16,22,41-43H,2,4,7-12,15,17-19H2,1H3/t22-,32+/m1/s1. The number of aromatic hydroxyl groups is 1. The second-order valence-corrected chi connectivity index (χ2v) is 12.6. The summed E-state index contributed by atoms with van der Waals surface area (Å²) in [5.74, 6) is -0.237. The number of aryl methyl sites for hydroxylation is 1. The number of hydrogen-bond donors (Lipinski definition) is 3. The number of piperidine rings is 1. The van der Waals surface area contributed by atoms with Gasteiger partial charge in [0.15, 0.2) is 5.82 Å². The molecule has 44 heavy (non-hydrogen) atoms. The molecule has 2 aromatic heterocycles. The normalized spacial score (nSPS) is 23.5. The molecule has 11 heteroatoms. The van der Waals surface area contributed by atoms with E-state index in [2.05, 4.69) is 14.9 Å². The van der Waals surface area contributed by atoms with Gasteiger partial charge in [0.25, 0.3) is 0 Å². The molecule has 0 aliphatic carbocycles. The first-order valence-electron chi connectivity index (χ1n) is 15.4. The molecule has 5 heterocycles. The molecule has 0 radical (unpaired) electrons. The second kappa shape index (κ2) is 11.0. The van der Waals surface area contributed by atoms with Crippen LogP contribution in [0.3, 0.4) is 0 Å². The molecule has 7 rings (SSSR count). The third-order valence-corrected chi connectivity index (χ3v) is 9.85. The van der Waals surface area contributed by atoms with Crippen LogP contribution >= 0.6 is 0 Å². The van der Waals surface area contributed by atoms with E-state index in [4.69, 9.17) is 9.72 Å². The molecule has 4 aromatic rings. The maximum Gasteiger partial charge on any atom is 0.319 e. The molecule has 3 aliphatic heterocycles. The van der Waals surface area contributed by atoms with Gasteiger partial charge in [0.1, 0.15) is 35.6 Å². The van der Waals surface area contributed by atoms with Gasteiger partial charge < -0.3 is 25.0 Å². The summed E-state index contributed by atoms with van der Waals surface area (Å²) in [4.78, 5) is 17.9. The molecular weight excluding hydrogens is 568 g/mol. The van der Waals surface area contributed by atoms with Crippen molar-refractivity contribution >= 4 is 27.5 Å². The van der Waals surface area contributed by atoms with E-state index in [1.165, 1.54) is 6.07 Å². The summed E-state index contributed by atoms with van der Waals surface area (Å²) in [5, 5.41) is 32.8. The van der Waals surface area contributed by atoms with E-state index in [-0.39, 0.29) is 36.2 Å². The van der Waals surface area contributed by atoms with Crippen LogP contribution < -0.4 is 9.64 Å². The van der Waals surface area contributed by atoms with E-state index < -0.39 is 23.1 Å². The predicted molar refractivity (Wildman–Crippen MR) is 163 cm³/mol. The highest BCUT2D eigenvalue weighted by molar-refractivity contribution is 6.01. The summed E-state index contributed by atoms with van der Waals surface area (Å²) < 4.78 is 37.3. The maximum absolute atomic E-state index is 16.7. The van der Waals surface area contributed by atoms with E-state index in [1.807, 2.05) is 30.0 Å². The minimum atomic E-state index is -1.18. The highest BCUT2D eigenvalue weighted by Gasteiger charge is 2.49. The second-order valence-electron chi connectivity index (χ2n) is 12.6. The van der Waals surface area contributed by atoms with E-state index in [0.717, 1.165) is 35.7 Å². The van der Waals surface area contributed by atoms with E-state index in [0.29, 0.717) is 62.1 Å². The molecular formula is C33H37F2N5O4. The van der Waals surface area contributed by atoms with Gasteiger partial charge in [0.2, 0.25) is 0 Å². The first kappa shape index (κ1) is 29.1. The number of aliphatic hydroxyl groups excluding tert-OH is 1. The molecule has 232 valence electrons. The number of fused-ring (bicyclic) bond motifs is 3. The van der Waals surface area contributed by atoms with Gasteiger partial charge in [-0.15, -0.1) is 0 Å². The molecule has 0 bridgehead atoms. The predicted octanol–water partition coefficient (Wildman–Crippen LogP) is 4.53. The summed E-state index contributed by atoms with van der Waals surface area (Å²) in [7, 11) is 0. The number of hydrogen-bond acceptors (Lipinski definition) is 9. The van der Waals surface area contributed by atoms with Crippen LogP contribution in [0.15, 0.2) is 36.5 Å². The Labute approximate surface area is 254 Å². The number of ether oxygens (including phenoxy) is 1. The third-order valence-electron chi connectivity index (χ3n) is 9.85. The monoisotopic (exact) mass is 605 g/mol. The number of rotatable bonds is 7. The van der Waals surface area contributed by atoms with Crippen molar-refractivity contribution in [2.75, 3.05) is 44.3 Å². The van der Waals surface area contributed by atoms with Crippen molar-refractivity contribution in [3.05, 3.63) is 47.9 Å². The number of aromatic nitrogens is 3. The number of halogens is 2. The summed E-state index contributed by atoms with van der Waals surface area (Å²) in [5.41, 5.74) is -0.0672. The SMILES string of the molecule is CCc1cccc2cc(O)cc(-c3ncc4c(N5CCC(O)(CO)CC5)nc(OC[C@@]56CCCN5C[C@H](F)C6)nc4c3F)c12. The van der Waals surface area contributed by atoms with Gasteiger partial charge in [-0.1, -0.05) is 25.1 Å². The number of pyridine rings is 1. The van der Waals surface area contributed by atoms with Crippen molar-refractivity contribution in [3.8, 4) is 23.0 Å². The molecule has 3 N–H and O–H groups in total. The highest BCUT2D eigenvalue weighted by atomic mass is 19.1. The molecule has 0 spiro atoms. The van der Waals surface area contributed by atoms with Crippen molar-refractivity contribution in [2.24, 2.45) is 0 Å². The fourth-order valence-electron chi connectivity index (χ4n) is 7.43. The lowest BCUT2D eigenvalue weighted by atomic mass is 9.92. The summed E-state index contributed by atoms with van der Waals surface area (Å²) in [6, 6.07) is 8.95. The molecule has 9 nitrogen and oxygen atoms in total. The Morgan fingerprint density at radius 1 is 1.11 bits per heavy atom. The minimum Gasteiger partial charge on any atom is -0.508 e. The van der Waals surface area contributed by atoms with Crippen LogP contribution in [0.5, 0.6) is 11.8 Å². The number of alkyl halides is 1. The molecule has 2 atom stereocenters. The van der Waals surface area contributed by atoms with E-state index in [9.17, 15) is 19.7 Å². The number of phenols is 1. The lowest BCUT2D eigenvalue weighted by Gasteiger charge is -2.38. The lowest BCUT2D eigenvalue weighted by molar-refractivity contribution is -0.0326. The van der Waals surface area contributed by atoms with Crippen molar-refractivity contribution < 1.29 is 28.8 Å². The molecule has 3 fully saturated rings. The lowest BCUT2D eigenvalue weighted by Crippen LogP contribution is -2.47. The van der Waals surface area contributed by atoms with E-state index in [1.54, 1.807) is 12.3 Å². The third kappa shape index (κ3) is 4.91. The van der Waals surface area contributed by atoms with Gasteiger partial charge in [-0.25, -0.2) is 8.78 Å². The van der Waals surface area contributed by atoms with E-state index >= 15 is 4.39 Å². The van der Waals surface area contributed by atoms with Crippen LogP contribution in [0, 0.1) is 5.82 Å².